The molecule has 1 aromatic heterocycles. The molecular formula is C22H24N4. The lowest BCUT2D eigenvalue weighted by Gasteiger charge is -2.22. The molecule has 0 fully saturated rings. The van der Waals surface area contributed by atoms with Gasteiger partial charge in [0.25, 0.3) is 0 Å². The molecule has 0 saturated carbocycles. The number of hydrogen-bond acceptors (Lipinski definition) is 3. The molecule has 0 atom stereocenters. The van der Waals surface area contributed by atoms with Crippen LogP contribution in [0.1, 0.15) is 56.4 Å². The van der Waals surface area contributed by atoms with Gasteiger partial charge in [-0.1, -0.05) is 82.3 Å². The zero-order chi connectivity index (χ0) is 18.4. The van der Waals surface area contributed by atoms with Gasteiger partial charge in [-0.25, -0.2) is 0 Å². The van der Waals surface area contributed by atoms with E-state index in [1.165, 1.54) is 23.1 Å². The molecule has 0 amide bonds. The Labute approximate surface area is 154 Å². The lowest BCUT2D eigenvalue weighted by atomic mass is 9.82. The molecule has 0 bridgehead atoms. The van der Waals surface area contributed by atoms with E-state index in [9.17, 15) is 0 Å². The third-order valence-electron chi connectivity index (χ3n) is 5.37. The summed E-state index contributed by atoms with van der Waals surface area (Å²) in [6, 6.07) is 15.1. The highest BCUT2D eigenvalue weighted by Crippen LogP contribution is 2.49. The number of nitrogens with zero attached hydrogens (tertiary/aromatic N) is 3. The van der Waals surface area contributed by atoms with Crippen LogP contribution in [0.25, 0.3) is 23.5 Å². The predicted molar refractivity (Wildman–Crippen MR) is 106 cm³/mol. The van der Waals surface area contributed by atoms with Gasteiger partial charge in [0.2, 0.25) is 5.82 Å². The Kier molecular flexibility index (Phi) is 3.79. The van der Waals surface area contributed by atoms with Crippen molar-refractivity contribution in [2.75, 3.05) is 0 Å². The molecule has 132 valence electrons. The van der Waals surface area contributed by atoms with Gasteiger partial charge < -0.3 is 0 Å². The highest BCUT2D eigenvalue weighted by atomic mass is 15.5. The van der Waals surface area contributed by atoms with Crippen LogP contribution in [0.15, 0.2) is 42.5 Å². The predicted octanol–water partition coefficient (Wildman–Crippen LogP) is 5.00. The molecule has 4 heteroatoms. The SMILES string of the molecule is CC1(C)CC(C)(C)c2cc(/C=C/c3ccc(-c4nn[nH]n4)cc3)ccc21. The maximum Gasteiger partial charge on any atom is 0.204 e. The first-order chi connectivity index (χ1) is 12.4. The number of tetrazole rings is 1. The molecule has 4 nitrogen and oxygen atoms in total. The van der Waals surface area contributed by atoms with Crippen molar-refractivity contribution in [3.8, 4) is 11.4 Å². The summed E-state index contributed by atoms with van der Waals surface area (Å²) in [4.78, 5) is 0. The smallest absolute Gasteiger partial charge is 0.177 e. The topological polar surface area (TPSA) is 54.5 Å². The third-order valence-corrected chi connectivity index (χ3v) is 5.37. The molecule has 1 heterocycles. The van der Waals surface area contributed by atoms with Crippen LogP contribution in [0.3, 0.4) is 0 Å². The molecular weight excluding hydrogens is 320 g/mol. The van der Waals surface area contributed by atoms with Crippen LogP contribution in [0.2, 0.25) is 0 Å². The molecule has 0 radical (unpaired) electrons. The van der Waals surface area contributed by atoms with Gasteiger partial charge in [-0.15, -0.1) is 10.2 Å². The fourth-order valence-electron chi connectivity index (χ4n) is 4.33. The van der Waals surface area contributed by atoms with Crippen LogP contribution < -0.4 is 0 Å². The van der Waals surface area contributed by atoms with E-state index in [2.05, 4.69) is 90.8 Å². The summed E-state index contributed by atoms with van der Waals surface area (Å²) in [5.41, 5.74) is 6.81. The van der Waals surface area contributed by atoms with Crippen molar-refractivity contribution in [1.82, 2.24) is 20.6 Å². The van der Waals surface area contributed by atoms with Crippen LogP contribution in [-0.2, 0) is 10.8 Å². The average Bonchev–Trinajstić information content (AvgIpc) is 3.19. The molecule has 3 aromatic rings. The van der Waals surface area contributed by atoms with Crippen molar-refractivity contribution in [2.45, 2.75) is 44.9 Å². The summed E-state index contributed by atoms with van der Waals surface area (Å²) in [6.45, 7) is 9.40. The normalized spacial score (nSPS) is 17.5. The summed E-state index contributed by atoms with van der Waals surface area (Å²) in [7, 11) is 0. The van der Waals surface area contributed by atoms with Gasteiger partial charge in [0, 0.05) is 5.56 Å². The zero-order valence-electron chi connectivity index (χ0n) is 15.7. The number of hydrogen-bond donors (Lipinski definition) is 1. The quantitative estimate of drug-likeness (QED) is 0.681. The van der Waals surface area contributed by atoms with Crippen LogP contribution in [0.5, 0.6) is 0 Å². The van der Waals surface area contributed by atoms with Gasteiger partial charge in [0.05, 0.1) is 0 Å². The van der Waals surface area contributed by atoms with E-state index < -0.39 is 0 Å². The summed E-state index contributed by atoms with van der Waals surface area (Å²) in [6.07, 6.45) is 5.53. The van der Waals surface area contributed by atoms with Gasteiger partial charge in [-0.2, -0.15) is 5.21 Å². The lowest BCUT2D eigenvalue weighted by molar-refractivity contribution is 0.403. The van der Waals surface area contributed by atoms with Crippen LogP contribution in [-0.4, -0.2) is 20.6 Å². The number of aromatic nitrogens is 4. The van der Waals surface area contributed by atoms with E-state index in [1.807, 2.05) is 12.1 Å². The molecule has 1 N–H and O–H groups in total. The fourth-order valence-corrected chi connectivity index (χ4v) is 4.33. The summed E-state index contributed by atoms with van der Waals surface area (Å²) in [5.74, 6) is 0.615. The van der Waals surface area contributed by atoms with Gasteiger partial charge in [0.1, 0.15) is 0 Å². The van der Waals surface area contributed by atoms with Crippen molar-refractivity contribution in [2.24, 2.45) is 0 Å². The van der Waals surface area contributed by atoms with Crippen LogP contribution in [0.4, 0.5) is 0 Å². The number of benzene rings is 2. The van der Waals surface area contributed by atoms with E-state index in [1.54, 1.807) is 0 Å². The number of aromatic amines is 1. The van der Waals surface area contributed by atoms with Gasteiger partial charge >= 0.3 is 0 Å². The van der Waals surface area contributed by atoms with Gasteiger partial charge in [0.15, 0.2) is 0 Å². The Morgan fingerprint density at radius 2 is 1.50 bits per heavy atom. The monoisotopic (exact) mass is 344 g/mol. The second kappa shape index (κ2) is 5.90. The van der Waals surface area contributed by atoms with Gasteiger partial charge in [-0.3, -0.25) is 0 Å². The standard InChI is InChI=1S/C22H24N4/c1-21(2)14-22(3,4)19-13-16(9-12-18(19)21)6-5-15-7-10-17(11-8-15)20-23-25-26-24-20/h5-13H,14H2,1-4H3,(H,23,24,25,26)/b6-5+. The number of rotatable bonds is 3. The van der Waals surface area contributed by atoms with Crippen molar-refractivity contribution >= 4 is 12.2 Å². The summed E-state index contributed by atoms with van der Waals surface area (Å²) >= 11 is 0. The van der Waals surface area contributed by atoms with Crippen molar-refractivity contribution in [3.05, 3.63) is 64.7 Å². The Bertz CT molecular complexity index is 948. The summed E-state index contributed by atoms with van der Waals surface area (Å²) < 4.78 is 0. The lowest BCUT2D eigenvalue weighted by Crippen LogP contribution is -2.17. The molecule has 1 aliphatic rings. The van der Waals surface area contributed by atoms with Gasteiger partial charge in [-0.05, 0) is 44.7 Å². The Morgan fingerprint density at radius 3 is 2.19 bits per heavy atom. The minimum Gasteiger partial charge on any atom is -0.177 e. The molecule has 4 rings (SSSR count). The minimum absolute atomic E-state index is 0.231. The van der Waals surface area contributed by atoms with Crippen LogP contribution in [0, 0.1) is 0 Å². The van der Waals surface area contributed by atoms with Crippen LogP contribution >= 0.6 is 0 Å². The first kappa shape index (κ1) is 16.7. The van der Waals surface area contributed by atoms with E-state index in [0.29, 0.717) is 5.82 Å². The molecule has 0 aliphatic heterocycles. The van der Waals surface area contributed by atoms with E-state index in [-0.39, 0.29) is 10.8 Å². The molecule has 0 spiro atoms. The van der Waals surface area contributed by atoms with Crippen molar-refractivity contribution in [1.29, 1.82) is 0 Å². The average molecular weight is 344 g/mol. The van der Waals surface area contributed by atoms with E-state index >= 15 is 0 Å². The second-order valence-electron chi connectivity index (χ2n) is 8.44. The molecule has 1 aliphatic carbocycles. The Balaban J connectivity index is 1.58. The second-order valence-corrected chi connectivity index (χ2v) is 8.44. The minimum atomic E-state index is 0.231. The maximum absolute atomic E-state index is 4.00. The van der Waals surface area contributed by atoms with Crippen molar-refractivity contribution < 1.29 is 0 Å². The number of H-pyrrole nitrogens is 1. The number of fused-ring (bicyclic) bond motifs is 1. The molecule has 26 heavy (non-hydrogen) atoms. The fraction of sp³-hybridized carbons (Fsp3) is 0.318. The zero-order valence-corrected chi connectivity index (χ0v) is 15.7. The molecule has 2 aromatic carbocycles. The molecule has 0 saturated heterocycles. The highest BCUT2D eigenvalue weighted by Gasteiger charge is 2.41. The van der Waals surface area contributed by atoms with E-state index in [4.69, 9.17) is 0 Å². The van der Waals surface area contributed by atoms with E-state index in [0.717, 1.165) is 11.1 Å². The largest absolute Gasteiger partial charge is 0.204 e. The Hall–Kier alpha value is -2.75. The highest BCUT2D eigenvalue weighted by molar-refractivity contribution is 5.72. The van der Waals surface area contributed by atoms with Crippen molar-refractivity contribution in [3.63, 3.8) is 0 Å². The maximum atomic E-state index is 4.00. The molecule has 0 unspecified atom stereocenters. The first-order valence-electron chi connectivity index (χ1n) is 9.02. The third kappa shape index (κ3) is 2.96. The Morgan fingerprint density at radius 1 is 0.846 bits per heavy atom. The summed E-state index contributed by atoms with van der Waals surface area (Å²) in [5, 5.41) is 14.1. The number of nitrogens with one attached hydrogen (secondary N) is 1. The first-order valence-corrected chi connectivity index (χ1v) is 9.02.